The topological polar surface area (TPSA) is 78.8 Å². The molecule has 2 aromatic heterocycles. The Bertz CT molecular complexity index is 889. The fraction of sp³-hybridized carbons (Fsp3) is 0.350. The zero-order valence-electron chi connectivity index (χ0n) is 16.3. The number of urea groups is 1. The number of aromatic nitrogens is 4. The Kier molecular flexibility index (Phi) is 5.59. The van der Waals surface area contributed by atoms with Crippen LogP contribution in [-0.2, 0) is 13.0 Å². The van der Waals surface area contributed by atoms with Crippen LogP contribution in [0.5, 0.6) is 0 Å². The lowest BCUT2D eigenvalue weighted by molar-refractivity contribution is 0.209. The molecule has 2 heterocycles. The van der Waals surface area contributed by atoms with Crippen molar-refractivity contribution >= 4 is 6.03 Å². The number of H-pyrrole nitrogens is 1. The standard InChI is InChI=1S/C20H26N6O/c1-14-19(15(2)24-23-14)9-11-25(4)20(27)22-13-17-5-7-18(8-6-17)26-12-10-21-16(26)3/h5-8,10,12H,9,11,13H2,1-4H3,(H,22,27)(H,23,24). The molecule has 7 nitrogen and oxygen atoms in total. The number of nitrogens with zero attached hydrogens (tertiary/aromatic N) is 4. The summed E-state index contributed by atoms with van der Waals surface area (Å²) in [4.78, 5) is 18.3. The van der Waals surface area contributed by atoms with Crippen molar-refractivity contribution in [1.29, 1.82) is 0 Å². The largest absolute Gasteiger partial charge is 0.334 e. The smallest absolute Gasteiger partial charge is 0.317 e. The fourth-order valence-corrected chi connectivity index (χ4v) is 3.06. The number of aromatic amines is 1. The van der Waals surface area contributed by atoms with E-state index in [-0.39, 0.29) is 6.03 Å². The van der Waals surface area contributed by atoms with Crippen LogP contribution in [0.3, 0.4) is 0 Å². The minimum atomic E-state index is -0.0802. The van der Waals surface area contributed by atoms with Gasteiger partial charge in [-0.15, -0.1) is 0 Å². The molecule has 27 heavy (non-hydrogen) atoms. The zero-order valence-corrected chi connectivity index (χ0v) is 16.3. The molecule has 0 spiro atoms. The van der Waals surface area contributed by atoms with Crippen LogP contribution in [0.15, 0.2) is 36.7 Å². The number of imidazole rings is 1. The highest BCUT2D eigenvalue weighted by molar-refractivity contribution is 5.73. The Morgan fingerprint density at radius 2 is 1.96 bits per heavy atom. The number of hydrogen-bond acceptors (Lipinski definition) is 3. The number of aryl methyl sites for hydroxylation is 3. The number of carbonyl (C=O) groups is 1. The fourth-order valence-electron chi connectivity index (χ4n) is 3.06. The SMILES string of the molecule is Cc1n[nH]c(C)c1CCN(C)C(=O)NCc1ccc(-n2ccnc2C)cc1. The van der Waals surface area contributed by atoms with Crippen molar-refractivity contribution in [3.8, 4) is 5.69 Å². The quantitative estimate of drug-likeness (QED) is 0.704. The lowest BCUT2D eigenvalue weighted by Gasteiger charge is -2.18. The van der Waals surface area contributed by atoms with Crippen LogP contribution in [0.1, 0.15) is 28.3 Å². The van der Waals surface area contributed by atoms with E-state index < -0.39 is 0 Å². The van der Waals surface area contributed by atoms with Crippen molar-refractivity contribution in [2.45, 2.75) is 33.7 Å². The predicted octanol–water partition coefficient (Wildman–Crippen LogP) is 2.90. The van der Waals surface area contributed by atoms with Crippen LogP contribution in [0, 0.1) is 20.8 Å². The molecule has 2 N–H and O–H groups in total. The second kappa shape index (κ2) is 8.07. The Morgan fingerprint density at radius 3 is 2.56 bits per heavy atom. The molecule has 142 valence electrons. The van der Waals surface area contributed by atoms with Crippen LogP contribution in [0.4, 0.5) is 4.79 Å². The van der Waals surface area contributed by atoms with Crippen molar-refractivity contribution in [2.24, 2.45) is 0 Å². The van der Waals surface area contributed by atoms with Gasteiger partial charge in [0.15, 0.2) is 0 Å². The van der Waals surface area contributed by atoms with Crippen molar-refractivity contribution in [2.75, 3.05) is 13.6 Å². The third kappa shape index (κ3) is 4.36. The molecule has 0 saturated carbocycles. The molecule has 3 rings (SSSR count). The van der Waals surface area contributed by atoms with E-state index in [9.17, 15) is 4.79 Å². The van der Waals surface area contributed by atoms with Crippen molar-refractivity contribution in [3.63, 3.8) is 0 Å². The summed E-state index contributed by atoms with van der Waals surface area (Å²) in [5.74, 6) is 0.945. The van der Waals surface area contributed by atoms with Crippen molar-refractivity contribution in [3.05, 3.63) is 65.0 Å². The highest BCUT2D eigenvalue weighted by Crippen LogP contribution is 2.12. The number of likely N-dealkylation sites (N-methyl/N-ethyl adjacent to an activating group) is 1. The first-order valence-corrected chi connectivity index (χ1v) is 9.04. The van der Waals surface area contributed by atoms with Crippen LogP contribution >= 0.6 is 0 Å². The molecule has 0 radical (unpaired) electrons. The maximum absolute atomic E-state index is 12.3. The molecular formula is C20H26N6O. The van der Waals surface area contributed by atoms with Gasteiger partial charge in [0, 0.05) is 43.9 Å². The number of hydrogen-bond donors (Lipinski definition) is 2. The van der Waals surface area contributed by atoms with E-state index in [0.717, 1.165) is 34.9 Å². The highest BCUT2D eigenvalue weighted by atomic mass is 16.2. The molecule has 0 fully saturated rings. The van der Waals surface area contributed by atoms with E-state index in [1.54, 1.807) is 11.1 Å². The molecule has 0 aliphatic rings. The van der Waals surface area contributed by atoms with E-state index in [1.165, 1.54) is 5.56 Å². The zero-order chi connectivity index (χ0) is 19.4. The van der Waals surface area contributed by atoms with Crippen LogP contribution in [-0.4, -0.2) is 44.3 Å². The summed E-state index contributed by atoms with van der Waals surface area (Å²) < 4.78 is 2.02. The van der Waals surface area contributed by atoms with Crippen LogP contribution in [0.25, 0.3) is 5.69 Å². The summed E-state index contributed by atoms with van der Waals surface area (Å²) >= 11 is 0. The number of nitrogens with one attached hydrogen (secondary N) is 2. The van der Waals surface area contributed by atoms with Crippen molar-refractivity contribution in [1.82, 2.24) is 30.0 Å². The molecule has 7 heteroatoms. The molecule has 0 unspecified atom stereocenters. The van der Waals surface area contributed by atoms with E-state index in [1.807, 2.05) is 62.8 Å². The molecule has 2 amide bonds. The minimum absolute atomic E-state index is 0.0802. The Morgan fingerprint density at radius 1 is 1.22 bits per heavy atom. The molecular weight excluding hydrogens is 340 g/mol. The third-order valence-electron chi connectivity index (χ3n) is 4.81. The maximum atomic E-state index is 12.3. The molecule has 1 aromatic carbocycles. The van der Waals surface area contributed by atoms with Gasteiger partial charge in [0.2, 0.25) is 0 Å². The van der Waals surface area contributed by atoms with Gasteiger partial charge < -0.3 is 14.8 Å². The average Bonchev–Trinajstić information content (AvgIpc) is 3.23. The summed E-state index contributed by atoms with van der Waals surface area (Å²) in [6.07, 6.45) is 4.51. The molecule has 0 saturated heterocycles. The van der Waals surface area contributed by atoms with Crippen LogP contribution < -0.4 is 5.32 Å². The third-order valence-corrected chi connectivity index (χ3v) is 4.81. The summed E-state index contributed by atoms with van der Waals surface area (Å²) in [5.41, 5.74) is 5.35. The molecule has 0 atom stereocenters. The Balaban J connectivity index is 1.50. The van der Waals surface area contributed by atoms with Gasteiger partial charge in [0.1, 0.15) is 5.82 Å². The summed E-state index contributed by atoms with van der Waals surface area (Å²) in [5, 5.41) is 10.1. The van der Waals surface area contributed by atoms with E-state index in [0.29, 0.717) is 13.1 Å². The second-order valence-corrected chi connectivity index (χ2v) is 6.75. The molecule has 0 aliphatic heterocycles. The van der Waals surface area contributed by atoms with E-state index in [4.69, 9.17) is 0 Å². The Hall–Kier alpha value is -3.09. The van der Waals surface area contributed by atoms with Crippen molar-refractivity contribution < 1.29 is 4.79 Å². The van der Waals surface area contributed by atoms with Crippen LogP contribution in [0.2, 0.25) is 0 Å². The molecule has 0 bridgehead atoms. The molecule has 3 aromatic rings. The molecule has 0 aliphatic carbocycles. The van der Waals surface area contributed by atoms with E-state index in [2.05, 4.69) is 20.5 Å². The van der Waals surface area contributed by atoms with E-state index >= 15 is 0 Å². The summed E-state index contributed by atoms with van der Waals surface area (Å²) in [6.45, 7) is 7.09. The van der Waals surface area contributed by atoms with Gasteiger partial charge in [-0.25, -0.2) is 9.78 Å². The van der Waals surface area contributed by atoms with Gasteiger partial charge in [-0.3, -0.25) is 5.10 Å². The first-order chi connectivity index (χ1) is 13.0. The van der Waals surface area contributed by atoms with Gasteiger partial charge >= 0.3 is 6.03 Å². The first kappa shape index (κ1) is 18.7. The number of benzene rings is 1. The number of carbonyl (C=O) groups excluding carboxylic acids is 1. The Labute approximate surface area is 159 Å². The average molecular weight is 366 g/mol. The monoisotopic (exact) mass is 366 g/mol. The maximum Gasteiger partial charge on any atom is 0.317 e. The second-order valence-electron chi connectivity index (χ2n) is 6.75. The normalized spacial score (nSPS) is 10.8. The minimum Gasteiger partial charge on any atom is -0.334 e. The lowest BCUT2D eigenvalue weighted by Crippen LogP contribution is -2.38. The van der Waals surface area contributed by atoms with Gasteiger partial charge in [0.25, 0.3) is 0 Å². The first-order valence-electron chi connectivity index (χ1n) is 9.04. The number of amides is 2. The van der Waals surface area contributed by atoms with Gasteiger partial charge in [-0.05, 0) is 50.5 Å². The highest BCUT2D eigenvalue weighted by Gasteiger charge is 2.11. The number of rotatable bonds is 6. The summed E-state index contributed by atoms with van der Waals surface area (Å²) in [7, 11) is 1.81. The predicted molar refractivity (Wildman–Crippen MR) is 105 cm³/mol. The van der Waals surface area contributed by atoms with Gasteiger partial charge in [-0.2, -0.15) is 5.10 Å². The summed E-state index contributed by atoms with van der Waals surface area (Å²) in [6, 6.07) is 8.03. The lowest BCUT2D eigenvalue weighted by atomic mass is 10.1. The van der Waals surface area contributed by atoms with Gasteiger partial charge in [0.05, 0.1) is 5.69 Å². The van der Waals surface area contributed by atoms with Gasteiger partial charge in [-0.1, -0.05) is 12.1 Å².